The van der Waals surface area contributed by atoms with Gasteiger partial charge in [0, 0.05) is 25.6 Å². The van der Waals surface area contributed by atoms with Crippen molar-refractivity contribution in [3.05, 3.63) is 29.8 Å². The predicted molar refractivity (Wildman–Crippen MR) is 99.3 cm³/mol. The third kappa shape index (κ3) is 4.40. The molecular formula is C20H29N3O2. The van der Waals surface area contributed by atoms with Crippen LogP contribution in [0.1, 0.15) is 55.8 Å². The molecule has 2 atom stereocenters. The molecule has 2 fully saturated rings. The van der Waals surface area contributed by atoms with Gasteiger partial charge in [0.15, 0.2) is 0 Å². The van der Waals surface area contributed by atoms with E-state index in [0.29, 0.717) is 23.6 Å². The molecule has 0 bridgehead atoms. The molecule has 1 aromatic carbocycles. The smallest absolute Gasteiger partial charge is 0.255 e. The van der Waals surface area contributed by atoms with Crippen LogP contribution >= 0.6 is 0 Å². The molecule has 2 aliphatic rings. The second kappa shape index (κ2) is 8.00. The number of likely N-dealkylation sites (tertiary alicyclic amines) is 1. The lowest BCUT2D eigenvalue weighted by Gasteiger charge is -2.30. The fraction of sp³-hybridized carbons (Fsp3) is 0.600. The standard InChI is InChI=1S/C20H29N3O2/c1-14-9-11-23(12-10-14)20(25)16-6-2-3-8-18(16)22-19(24)13-15-5-4-7-17(15)21/h2-3,6,8,14-15,17H,4-5,7,9-13,21H2,1H3,(H,22,24)/t15-,17+/m0/s1. The van der Waals surface area contributed by atoms with E-state index < -0.39 is 0 Å². The molecule has 25 heavy (non-hydrogen) atoms. The van der Waals surface area contributed by atoms with Crippen LogP contribution in [0.4, 0.5) is 5.69 Å². The van der Waals surface area contributed by atoms with Gasteiger partial charge in [0.1, 0.15) is 0 Å². The van der Waals surface area contributed by atoms with Gasteiger partial charge in [0.25, 0.3) is 5.91 Å². The number of carbonyl (C=O) groups excluding carboxylic acids is 2. The molecule has 136 valence electrons. The number of carbonyl (C=O) groups is 2. The highest BCUT2D eigenvalue weighted by atomic mass is 16.2. The number of amides is 2. The first kappa shape index (κ1) is 17.9. The number of rotatable bonds is 4. The molecule has 1 aliphatic heterocycles. The van der Waals surface area contributed by atoms with Gasteiger partial charge < -0.3 is 16.0 Å². The topological polar surface area (TPSA) is 75.4 Å². The average molecular weight is 343 g/mol. The van der Waals surface area contributed by atoms with Gasteiger partial charge in [-0.15, -0.1) is 0 Å². The van der Waals surface area contributed by atoms with E-state index >= 15 is 0 Å². The first-order valence-corrected chi connectivity index (χ1v) is 9.48. The summed E-state index contributed by atoms with van der Waals surface area (Å²) in [7, 11) is 0. The van der Waals surface area contributed by atoms with E-state index in [1.54, 1.807) is 6.07 Å². The molecule has 1 heterocycles. The SMILES string of the molecule is CC1CCN(C(=O)c2ccccc2NC(=O)C[C@@H]2CCC[C@H]2N)CC1. The van der Waals surface area contributed by atoms with E-state index in [1.807, 2.05) is 23.1 Å². The van der Waals surface area contributed by atoms with Gasteiger partial charge >= 0.3 is 0 Å². The zero-order chi connectivity index (χ0) is 17.8. The van der Waals surface area contributed by atoms with Gasteiger partial charge in [-0.05, 0) is 49.7 Å². The van der Waals surface area contributed by atoms with Crippen molar-refractivity contribution in [1.82, 2.24) is 4.90 Å². The molecule has 0 aromatic heterocycles. The van der Waals surface area contributed by atoms with Crippen molar-refractivity contribution in [1.29, 1.82) is 0 Å². The van der Waals surface area contributed by atoms with Crippen molar-refractivity contribution >= 4 is 17.5 Å². The Kier molecular flexibility index (Phi) is 5.74. The van der Waals surface area contributed by atoms with Crippen LogP contribution in [0.25, 0.3) is 0 Å². The van der Waals surface area contributed by atoms with Crippen LogP contribution in [0, 0.1) is 11.8 Å². The minimum absolute atomic E-state index is 0.0142. The van der Waals surface area contributed by atoms with Gasteiger partial charge in [-0.3, -0.25) is 9.59 Å². The van der Waals surface area contributed by atoms with E-state index in [1.165, 1.54) is 0 Å². The molecule has 5 heteroatoms. The highest BCUT2D eigenvalue weighted by Gasteiger charge is 2.27. The Bertz CT molecular complexity index is 623. The highest BCUT2D eigenvalue weighted by molar-refractivity contribution is 6.03. The van der Waals surface area contributed by atoms with E-state index in [2.05, 4.69) is 12.2 Å². The maximum Gasteiger partial charge on any atom is 0.255 e. The monoisotopic (exact) mass is 343 g/mol. The molecule has 3 rings (SSSR count). The lowest BCUT2D eigenvalue weighted by Crippen LogP contribution is -2.38. The van der Waals surface area contributed by atoms with Gasteiger partial charge in [-0.25, -0.2) is 0 Å². The molecule has 1 saturated carbocycles. The van der Waals surface area contributed by atoms with Gasteiger partial charge in [0.05, 0.1) is 11.3 Å². The summed E-state index contributed by atoms with van der Waals surface area (Å²) in [5, 5.41) is 2.94. The molecule has 0 radical (unpaired) electrons. The van der Waals surface area contributed by atoms with Gasteiger partial charge in [-0.2, -0.15) is 0 Å². The third-order valence-corrected chi connectivity index (χ3v) is 5.67. The van der Waals surface area contributed by atoms with Crippen LogP contribution in [-0.4, -0.2) is 35.8 Å². The van der Waals surface area contributed by atoms with E-state index in [9.17, 15) is 9.59 Å². The van der Waals surface area contributed by atoms with E-state index in [-0.39, 0.29) is 23.8 Å². The Morgan fingerprint density at radius 1 is 1.16 bits per heavy atom. The summed E-state index contributed by atoms with van der Waals surface area (Å²) in [6, 6.07) is 7.44. The number of anilines is 1. The lowest BCUT2D eigenvalue weighted by atomic mass is 9.98. The fourth-order valence-electron chi connectivity index (χ4n) is 3.92. The van der Waals surface area contributed by atoms with Crippen LogP contribution in [0.15, 0.2) is 24.3 Å². The number of nitrogens with one attached hydrogen (secondary N) is 1. The normalized spacial score (nSPS) is 24.3. The predicted octanol–water partition coefficient (Wildman–Crippen LogP) is 3.01. The number of benzene rings is 1. The van der Waals surface area contributed by atoms with Crippen LogP contribution in [0.3, 0.4) is 0 Å². The van der Waals surface area contributed by atoms with Crippen molar-refractivity contribution in [2.24, 2.45) is 17.6 Å². The Morgan fingerprint density at radius 2 is 1.88 bits per heavy atom. The average Bonchev–Trinajstić information content (AvgIpc) is 3.00. The molecule has 2 amide bonds. The van der Waals surface area contributed by atoms with E-state index in [4.69, 9.17) is 5.73 Å². The minimum Gasteiger partial charge on any atom is -0.339 e. The van der Waals surface area contributed by atoms with Crippen molar-refractivity contribution in [3.8, 4) is 0 Å². The maximum absolute atomic E-state index is 12.9. The number of piperidine rings is 1. The Labute approximate surface area is 150 Å². The lowest BCUT2D eigenvalue weighted by molar-refractivity contribution is -0.117. The zero-order valence-electron chi connectivity index (χ0n) is 15.0. The number of hydrogen-bond donors (Lipinski definition) is 2. The van der Waals surface area contributed by atoms with Crippen LogP contribution < -0.4 is 11.1 Å². The van der Waals surface area contributed by atoms with Gasteiger partial charge in [0.2, 0.25) is 5.91 Å². The van der Waals surface area contributed by atoms with Crippen LogP contribution in [0.2, 0.25) is 0 Å². The van der Waals surface area contributed by atoms with E-state index in [0.717, 1.165) is 45.2 Å². The summed E-state index contributed by atoms with van der Waals surface area (Å²) in [6.07, 6.45) is 5.63. The number of nitrogens with two attached hydrogens (primary N) is 1. The molecular weight excluding hydrogens is 314 g/mol. The molecule has 3 N–H and O–H groups in total. The largest absolute Gasteiger partial charge is 0.339 e. The Morgan fingerprint density at radius 3 is 2.56 bits per heavy atom. The second-order valence-electron chi connectivity index (χ2n) is 7.63. The molecule has 0 spiro atoms. The summed E-state index contributed by atoms with van der Waals surface area (Å²) < 4.78 is 0. The molecule has 0 unspecified atom stereocenters. The quantitative estimate of drug-likeness (QED) is 0.882. The van der Waals surface area contributed by atoms with Crippen molar-refractivity contribution in [3.63, 3.8) is 0 Å². The first-order valence-electron chi connectivity index (χ1n) is 9.48. The fourth-order valence-corrected chi connectivity index (χ4v) is 3.92. The Balaban J connectivity index is 1.66. The molecule has 5 nitrogen and oxygen atoms in total. The summed E-state index contributed by atoms with van der Waals surface area (Å²) >= 11 is 0. The number of hydrogen-bond acceptors (Lipinski definition) is 3. The van der Waals surface area contributed by atoms with Crippen molar-refractivity contribution in [2.75, 3.05) is 18.4 Å². The van der Waals surface area contributed by atoms with Crippen LogP contribution in [-0.2, 0) is 4.79 Å². The highest BCUT2D eigenvalue weighted by Crippen LogP contribution is 2.28. The molecule has 1 aliphatic carbocycles. The zero-order valence-corrected chi connectivity index (χ0v) is 15.0. The van der Waals surface area contributed by atoms with Crippen LogP contribution in [0.5, 0.6) is 0 Å². The molecule has 1 aromatic rings. The molecule has 1 saturated heterocycles. The summed E-state index contributed by atoms with van der Waals surface area (Å²) in [5.74, 6) is 0.899. The number of para-hydroxylation sites is 1. The Hall–Kier alpha value is -1.88. The van der Waals surface area contributed by atoms with Crippen molar-refractivity contribution < 1.29 is 9.59 Å². The van der Waals surface area contributed by atoms with Crippen molar-refractivity contribution in [2.45, 2.75) is 51.5 Å². The maximum atomic E-state index is 12.9. The number of nitrogens with zero attached hydrogens (tertiary/aromatic N) is 1. The van der Waals surface area contributed by atoms with Gasteiger partial charge in [-0.1, -0.05) is 25.5 Å². The summed E-state index contributed by atoms with van der Waals surface area (Å²) in [6.45, 7) is 3.81. The minimum atomic E-state index is -0.0464. The first-order chi connectivity index (χ1) is 12.0. The third-order valence-electron chi connectivity index (χ3n) is 5.67. The summed E-state index contributed by atoms with van der Waals surface area (Å²) in [5.41, 5.74) is 7.26. The summed E-state index contributed by atoms with van der Waals surface area (Å²) in [4.78, 5) is 27.2. The second-order valence-corrected chi connectivity index (χ2v) is 7.63.